The molecule has 0 bridgehead atoms. The molecule has 1 nitrogen and oxygen atoms in total. The molecule has 0 aliphatic carbocycles. The van der Waals surface area contributed by atoms with Gasteiger partial charge in [0.1, 0.15) is 0 Å². The highest BCUT2D eigenvalue weighted by Gasteiger charge is 1.92. The molecule has 0 saturated carbocycles. The lowest BCUT2D eigenvalue weighted by Gasteiger charge is -1.90. The third-order valence-corrected chi connectivity index (χ3v) is 1.58. The Balaban J connectivity index is 2.63. The zero-order chi connectivity index (χ0) is 4.99. The average Bonchev–Trinajstić information content (AvgIpc) is 1.35. The van der Waals surface area contributed by atoms with E-state index in [0.717, 1.165) is 0 Å². The summed E-state index contributed by atoms with van der Waals surface area (Å²) in [5, 5.41) is 0. The molecule has 1 N–H and O–H groups in total. The van der Waals surface area contributed by atoms with Crippen molar-refractivity contribution in [1.82, 2.24) is 0 Å². The Hall–Kier alpha value is 0.107. The molecule has 0 amide bonds. The van der Waals surface area contributed by atoms with E-state index < -0.39 is 15.9 Å². The van der Waals surface area contributed by atoms with Gasteiger partial charge < -0.3 is 4.80 Å². The van der Waals surface area contributed by atoms with Crippen LogP contribution in [0.3, 0.4) is 0 Å². The number of alkyl halides is 1. The lowest BCUT2D eigenvalue weighted by atomic mass is 10.5. The molecule has 1 atom stereocenters. The van der Waals surface area contributed by atoms with Gasteiger partial charge in [0, 0.05) is 0 Å². The molecule has 0 aliphatic rings. The molecule has 0 aliphatic heterocycles. The number of hydrogen-bond donors (Lipinski definition) is 1. The predicted octanol–water partition coefficient (Wildman–Crippen LogP) is -0.161. The van der Waals surface area contributed by atoms with Crippen molar-refractivity contribution in [1.29, 1.82) is 0 Å². The molecule has 3 heteroatoms. The smallest absolute Gasteiger partial charge is 0.159 e. The first-order chi connectivity index (χ1) is 2.77. The average molecular weight is 108 g/mol. The molecular formula is C3H9FOSi. The Morgan fingerprint density at radius 3 is 2.50 bits per heavy atom. The van der Waals surface area contributed by atoms with Crippen LogP contribution >= 0.6 is 0 Å². The largest absolute Gasteiger partial charge is 0.438 e. The van der Waals surface area contributed by atoms with Gasteiger partial charge in [-0.05, 0) is 13.0 Å². The number of hydrogen-bond acceptors (Lipinski definition) is 1. The fourth-order valence-corrected chi connectivity index (χ4v) is 0.534. The van der Waals surface area contributed by atoms with Crippen LogP contribution in [0.5, 0.6) is 0 Å². The van der Waals surface area contributed by atoms with E-state index in [1.165, 1.54) is 6.92 Å². The van der Waals surface area contributed by atoms with Crippen LogP contribution in [0.4, 0.5) is 4.39 Å². The second-order valence-corrected chi connectivity index (χ2v) is 2.32. The van der Waals surface area contributed by atoms with E-state index >= 15 is 0 Å². The Morgan fingerprint density at radius 1 is 2.00 bits per heavy atom. The SMILES string of the molecule is CC(F)C[SiH2]O. The standard InChI is InChI=1S/C3H9FOSi/c1-3(4)2-6-5/h3,5H,2,6H2,1H3. The van der Waals surface area contributed by atoms with Gasteiger partial charge in [-0.25, -0.2) is 4.39 Å². The first kappa shape index (κ1) is 6.11. The van der Waals surface area contributed by atoms with Gasteiger partial charge in [0.25, 0.3) is 0 Å². The summed E-state index contributed by atoms with van der Waals surface area (Å²) in [4.78, 5) is 8.14. The van der Waals surface area contributed by atoms with E-state index in [9.17, 15) is 4.39 Å². The zero-order valence-electron chi connectivity index (χ0n) is 3.82. The molecule has 0 heterocycles. The topological polar surface area (TPSA) is 20.2 Å². The van der Waals surface area contributed by atoms with Crippen LogP contribution < -0.4 is 0 Å². The maximum absolute atomic E-state index is 11.6. The Kier molecular flexibility index (Phi) is 3.36. The molecule has 0 aromatic rings. The highest BCUT2D eigenvalue weighted by Crippen LogP contribution is 1.91. The van der Waals surface area contributed by atoms with Crippen LogP contribution in [0, 0.1) is 0 Å². The van der Waals surface area contributed by atoms with Crippen molar-refractivity contribution in [2.75, 3.05) is 0 Å². The maximum atomic E-state index is 11.6. The first-order valence-corrected chi connectivity index (χ1v) is 3.65. The molecule has 0 rings (SSSR count). The van der Waals surface area contributed by atoms with Gasteiger partial charge in [-0.2, -0.15) is 0 Å². The summed E-state index contributed by atoms with van der Waals surface area (Å²) in [5.41, 5.74) is 0. The monoisotopic (exact) mass is 108 g/mol. The van der Waals surface area contributed by atoms with Crippen LogP contribution in [0.25, 0.3) is 0 Å². The van der Waals surface area contributed by atoms with Crippen LogP contribution in [0.2, 0.25) is 6.04 Å². The van der Waals surface area contributed by atoms with E-state index in [0.29, 0.717) is 6.04 Å². The third kappa shape index (κ3) is 4.11. The van der Waals surface area contributed by atoms with Gasteiger partial charge in [-0.1, -0.05) is 0 Å². The minimum Gasteiger partial charge on any atom is -0.438 e. The second kappa shape index (κ2) is 3.30. The minimum absolute atomic E-state index is 0.403. The normalized spacial score (nSPS) is 16.5. The number of rotatable bonds is 2. The van der Waals surface area contributed by atoms with E-state index in [2.05, 4.69) is 0 Å². The van der Waals surface area contributed by atoms with Crippen molar-refractivity contribution in [3.05, 3.63) is 0 Å². The highest BCUT2D eigenvalue weighted by atomic mass is 28.2. The zero-order valence-corrected chi connectivity index (χ0v) is 5.23. The van der Waals surface area contributed by atoms with Crippen molar-refractivity contribution >= 4 is 9.76 Å². The van der Waals surface area contributed by atoms with Gasteiger partial charge in [0.05, 0.1) is 6.17 Å². The van der Waals surface area contributed by atoms with E-state index in [-0.39, 0.29) is 0 Å². The molecule has 6 heavy (non-hydrogen) atoms. The van der Waals surface area contributed by atoms with E-state index in [4.69, 9.17) is 4.80 Å². The molecular weight excluding hydrogens is 99.1 g/mol. The van der Waals surface area contributed by atoms with Crippen molar-refractivity contribution in [3.8, 4) is 0 Å². The third-order valence-electron chi connectivity index (χ3n) is 0.527. The van der Waals surface area contributed by atoms with Gasteiger partial charge in [0.15, 0.2) is 9.76 Å². The predicted molar refractivity (Wildman–Crippen MR) is 26.1 cm³/mol. The number of halogens is 1. The molecule has 0 fully saturated rings. The fourth-order valence-electron chi connectivity index (χ4n) is 0.178. The van der Waals surface area contributed by atoms with Crippen LogP contribution in [-0.2, 0) is 0 Å². The summed E-state index contributed by atoms with van der Waals surface area (Å²) in [6.07, 6.45) is -0.790. The molecule has 1 unspecified atom stereocenters. The van der Waals surface area contributed by atoms with Crippen molar-refractivity contribution in [2.24, 2.45) is 0 Å². The molecule has 38 valence electrons. The minimum atomic E-state index is -1.01. The van der Waals surface area contributed by atoms with Crippen molar-refractivity contribution in [2.45, 2.75) is 19.1 Å². The van der Waals surface area contributed by atoms with Gasteiger partial charge in [-0.15, -0.1) is 0 Å². The summed E-state index contributed by atoms with van der Waals surface area (Å²) in [6, 6.07) is 0.403. The summed E-state index contributed by atoms with van der Waals surface area (Å²) in [7, 11) is -1.01. The first-order valence-electron chi connectivity index (χ1n) is 2.02. The van der Waals surface area contributed by atoms with Gasteiger partial charge in [-0.3, -0.25) is 0 Å². The Morgan fingerprint density at radius 2 is 2.50 bits per heavy atom. The lowest BCUT2D eigenvalue weighted by molar-refractivity contribution is 0.382. The summed E-state index contributed by atoms with van der Waals surface area (Å²) < 4.78 is 11.6. The molecule has 0 saturated heterocycles. The van der Waals surface area contributed by atoms with Crippen LogP contribution in [0.15, 0.2) is 0 Å². The quantitative estimate of drug-likeness (QED) is 0.487. The van der Waals surface area contributed by atoms with Crippen molar-refractivity contribution < 1.29 is 9.19 Å². The Bertz CT molecular complexity index is 32.0. The summed E-state index contributed by atoms with van der Waals surface area (Å²) >= 11 is 0. The van der Waals surface area contributed by atoms with Crippen molar-refractivity contribution in [3.63, 3.8) is 0 Å². The van der Waals surface area contributed by atoms with Crippen LogP contribution in [-0.4, -0.2) is 20.7 Å². The van der Waals surface area contributed by atoms with Crippen LogP contribution in [0.1, 0.15) is 6.92 Å². The lowest BCUT2D eigenvalue weighted by Crippen LogP contribution is -1.96. The Labute approximate surface area is 39.1 Å². The summed E-state index contributed by atoms with van der Waals surface area (Å²) in [6.45, 7) is 1.46. The van der Waals surface area contributed by atoms with Gasteiger partial charge >= 0.3 is 0 Å². The highest BCUT2D eigenvalue weighted by molar-refractivity contribution is 6.25. The summed E-state index contributed by atoms with van der Waals surface area (Å²) in [5.74, 6) is 0. The molecule has 0 aromatic carbocycles. The van der Waals surface area contributed by atoms with E-state index in [1.807, 2.05) is 0 Å². The fraction of sp³-hybridized carbons (Fsp3) is 1.00. The second-order valence-electron chi connectivity index (χ2n) is 1.29. The molecule has 0 aromatic heterocycles. The molecule has 0 radical (unpaired) electrons. The molecule has 0 spiro atoms. The van der Waals surface area contributed by atoms with E-state index in [1.54, 1.807) is 0 Å². The maximum Gasteiger partial charge on any atom is 0.159 e. The van der Waals surface area contributed by atoms with Gasteiger partial charge in [0.2, 0.25) is 0 Å².